The zero-order valence-electron chi connectivity index (χ0n) is 15.7. The van der Waals surface area contributed by atoms with Crippen LogP contribution in [0.3, 0.4) is 0 Å². The Balaban J connectivity index is 1.38. The normalized spacial score (nSPS) is 28.7. The number of likely N-dealkylation sites (tertiary alicyclic amines) is 1. The summed E-state index contributed by atoms with van der Waals surface area (Å²) < 4.78 is 43.7. The van der Waals surface area contributed by atoms with Crippen molar-refractivity contribution in [1.82, 2.24) is 19.0 Å². The topological polar surface area (TPSA) is 58.4 Å². The van der Waals surface area contributed by atoms with Crippen LogP contribution in [0, 0.1) is 17.7 Å². The Morgan fingerprint density at radius 2 is 1.96 bits per heavy atom. The summed E-state index contributed by atoms with van der Waals surface area (Å²) in [5.74, 6) is 0.186. The van der Waals surface area contributed by atoms with E-state index in [1.807, 2.05) is 23.0 Å². The first-order valence-electron chi connectivity index (χ1n) is 9.98. The highest BCUT2D eigenvalue weighted by atomic mass is 32.2. The maximum atomic E-state index is 13.9. The Hall–Kier alpha value is -1.77. The van der Waals surface area contributed by atoms with E-state index in [1.165, 1.54) is 12.1 Å². The van der Waals surface area contributed by atoms with E-state index in [-0.39, 0.29) is 23.0 Å². The van der Waals surface area contributed by atoms with Crippen molar-refractivity contribution in [2.45, 2.75) is 30.7 Å². The first-order chi connectivity index (χ1) is 13.5. The number of halogens is 1. The number of aromatic nitrogens is 2. The van der Waals surface area contributed by atoms with E-state index in [2.05, 4.69) is 10.00 Å². The summed E-state index contributed by atoms with van der Waals surface area (Å²) >= 11 is 0. The van der Waals surface area contributed by atoms with Gasteiger partial charge in [-0.25, -0.2) is 12.8 Å². The van der Waals surface area contributed by atoms with Crippen molar-refractivity contribution >= 4 is 10.0 Å². The molecule has 3 fully saturated rings. The van der Waals surface area contributed by atoms with Gasteiger partial charge in [-0.1, -0.05) is 12.1 Å². The van der Waals surface area contributed by atoms with Gasteiger partial charge >= 0.3 is 0 Å². The fraction of sp³-hybridized carbons (Fsp3) is 0.550. The van der Waals surface area contributed by atoms with Gasteiger partial charge in [-0.05, 0) is 48.4 Å². The summed E-state index contributed by atoms with van der Waals surface area (Å²) in [6.07, 6.45) is 5.23. The molecule has 5 rings (SSSR count). The van der Waals surface area contributed by atoms with E-state index < -0.39 is 10.0 Å². The summed E-state index contributed by atoms with van der Waals surface area (Å²) in [5.41, 5.74) is 0.783. The smallest absolute Gasteiger partial charge is 0.217 e. The van der Waals surface area contributed by atoms with Crippen LogP contribution in [0.25, 0.3) is 0 Å². The van der Waals surface area contributed by atoms with Gasteiger partial charge in [0.2, 0.25) is 10.0 Å². The van der Waals surface area contributed by atoms with Gasteiger partial charge in [-0.3, -0.25) is 4.68 Å². The quantitative estimate of drug-likeness (QED) is 0.740. The minimum atomic E-state index is -3.30. The zero-order chi connectivity index (χ0) is 19.3. The number of hydrogen-bond acceptors (Lipinski definition) is 4. The predicted octanol–water partition coefficient (Wildman–Crippen LogP) is 2.12. The molecule has 3 heterocycles. The third kappa shape index (κ3) is 3.27. The van der Waals surface area contributed by atoms with Gasteiger partial charge in [0.05, 0.1) is 17.8 Å². The van der Waals surface area contributed by atoms with Crippen LogP contribution in [0.1, 0.15) is 24.4 Å². The average molecular weight is 405 g/mol. The summed E-state index contributed by atoms with van der Waals surface area (Å²) in [6, 6.07) is 8.14. The zero-order valence-corrected chi connectivity index (χ0v) is 16.5. The van der Waals surface area contributed by atoms with E-state index in [0.717, 1.165) is 44.6 Å². The first-order valence-corrected chi connectivity index (χ1v) is 11.5. The Labute approximate surface area is 165 Å². The standard InChI is InChI=1S/C20H25FN4O2S/c21-17-4-1-3-15(11-17)20-19-14-23(9-10-24-8-2-7-22-24)12-16(19)13-25(20)28(26,27)18-5-6-18/h1-4,7-8,11,16,18-20H,5-6,9-10,12-14H2/t16-,19-,20-/m0/s1. The molecule has 1 aromatic carbocycles. The second-order valence-corrected chi connectivity index (χ2v) is 10.4. The highest BCUT2D eigenvalue weighted by molar-refractivity contribution is 7.90. The molecule has 0 unspecified atom stereocenters. The molecule has 28 heavy (non-hydrogen) atoms. The molecule has 0 bridgehead atoms. The average Bonchev–Trinajstić information content (AvgIpc) is 3.10. The molecular formula is C20H25FN4O2S. The van der Waals surface area contributed by atoms with Crippen molar-refractivity contribution in [2.24, 2.45) is 11.8 Å². The Morgan fingerprint density at radius 1 is 1.11 bits per heavy atom. The molecule has 1 aliphatic carbocycles. The number of nitrogens with zero attached hydrogens (tertiary/aromatic N) is 4. The molecule has 0 radical (unpaired) electrons. The van der Waals surface area contributed by atoms with Gasteiger partial charge in [0, 0.05) is 38.6 Å². The van der Waals surface area contributed by atoms with Gasteiger partial charge < -0.3 is 4.90 Å². The summed E-state index contributed by atoms with van der Waals surface area (Å²) in [6.45, 7) is 3.97. The number of benzene rings is 1. The van der Waals surface area contributed by atoms with Gasteiger partial charge in [0.1, 0.15) is 5.82 Å². The SMILES string of the molecule is O=S(=O)(C1CC1)N1C[C@@H]2CN(CCn3cccn3)C[C@@H]2[C@@H]1c1cccc(F)c1. The monoisotopic (exact) mass is 404 g/mol. The van der Waals surface area contributed by atoms with E-state index in [4.69, 9.17) is 0 Å². The lowest BCUT2D eigenvalue weighted by molar-refractivity contribution is 0.255. The molecule has 2 aromatic rings. The van der Waals surface area contributed by atoms with Crippen LogP contribution in [0.5, 0.6) is 0 Å². The third-order valence-electron chi connectivity index (χ3n) is 6.36. The van der Waals surface area contributed by atoms with Crippen molar-refractivity contribution < 1.29 is 12.8 Å². The van der Waals surface area contributed by atoms with E-state index in [9.17, 15) is 12.8 Å². The molecule has 2 saturated heterocycles. The highest BCUT2D eigenvalue weighted by Crippen LogP contribution is 2.48. The van der Waals surface area contributed by atoms with E-state index >= 15 is 0 Å². The molecular weight excluding hydrogens is 379 g/mol. The van der Waals surface area contributed by atoms with E-state index in [0.29, 0.717) is 12.5 Å². The van der Waals surface area contributed by atoms with E-state index in [1.54, 1.807) is 16.6 Å². The predicted molar refractivity (Wildman–Crippen MR) is 103 cm³/mol. The highest BCUT2D eigenvalue weighted by Gasteiger charge is 2.54. The molecule has 3 atom stereocenters. The largest absolute Gasteiger partial charge is 0.301 e. The lowest BCUT2D eigenvalue weighted by Crippen LogP contribution is -2.38. The summed E-state index contributed by atoms with van der Waals surface area (Å²) in [7, 11) is -3.30. The lowest BCUT2D eigenvalue weighted by Gasteiger charge is -2.29. The maximum Gasteiger partial charge on any atom is 0.217 e. The van der Waals surface area contributed by atoms with Crippen LogP contribution < -0.4 is 0 Å². The maximum absolute atomic E-state index is 13.9. The number of sulfonamides is 1. The second-order valence-electron chi connectivity index (χ2n) is 8.27. The molecule has 1 saturated carbocycles. The fourth-order valence-electron chi connectivity index (χ4n) is 4.88. The number of hydrogen-bond donors (Lipinski definition) is 0. The molecule has 150 valence electrons. The fourth-order valence-corrected chi connectivity index (χ4v) is 6.99. The summed E-state index contributed by atoms with van der Waals surface area (Å²) in [5, 5.41) is 4.02. The van der Waals surface area contributed by atoms with Gasteiger partial charge in [0.15, 0.2) is 0 Å². The second kappa shape index (κ2) is 6.93. The van der Waals surface area contributed by atoms with Crippen LogP contribution in [0.4, 0.5) is 4.39 Å². The van der Waals surface area contributed by atoms with Crippen LogP contribution in [0.2, 0.25) is 0 Å². The van der Waals surface area contributed by atoms with Crippen molar-refractivity contribution in [3.63, 3.8) is 0 Å². The summed E-state index contributed by atoms with van der Waals surface area (Å²) in [4.78, 5) is 2.39. The molecule has 8 heteroatoms. The van der Waals surface area contributed by atoms with Gasteiger partial charge in [-0.2, -0.15) is 9.40 Å². The van der Waals surface area contributed by atoms with Gasteiger partial charge in [0.25, 0.3) is 0 Å². The molecule has 0 spiro atoms. The van der Waals surface area contributed by atoms with Crippen molar-refractivity contribution in [2.75, 3.05) is 26.2 Å². The van der Waals surface area contributed by atoms with Crippen molar-refractivity contribution in [1.29, 1.82) is 0 Å². The lowest BCUT2D eigenvalue weighted by atomic mass is 9.90. The Kier molecular flexibility index (Phi) is 4.52. The minimum absolute atomic E-state index is 0.202. The van der Waals surface area contributed by atoms with Crippen LogP contribution in [0.15, 0.2) is 42.7 Å². The van der Waals surface area contributed by atoms with Crippen molar-refractivity contribution in [3.8, 4) is 0 Å². The van der Waals surface area contributed by atoms with Crippen molar-refractivity contribution in [3.05, 3.63) is 54.1 Å². The molecule has 0 amide bonds. The molecule has 6 nitrogen and oxygen atoms in total. The minimum Gasteiger partial charge on any atom is -0.301 e. The first kappa shape index (κ1) is 18.3. The van der Waals surface area contributed by atoms with Crippen LogP contribution in [-0.4, -0.2) is 58.8 Å². The van der Waals surface area contributed by atoms with Crippen LogP contribution >= 0.6 is 0 Å². The Morgan fingerprint density at radius 3 is 2.68 bits per heavy atom. The molecule has 3 aliphatic rings. The number of fused-ring (bicyclic) bond motifs is 1. The third-order valence-corrected chi connectivity index (χ3v) is 8.71. The molecule has 1 aromatic heterocycles. The van der Waals surface area contributed by atoms with Gasteiger partial charge in [-0.15, -0.1) is 0 Å². The van der Waals surface area contributed by atoms with Crippen LogP contribution in [-0.2, 0) is 16.6 Å². The molecule has 0 N–H and O–H groups in total. The molecule has 2 aliphatic heterocycles. The Bertz CT molecular complexity index is 945. The number of rotatable bonds is 6.